The van der Waals surface area contributed by atoms with Crippen LogP contribution < -0.4 is 0 Å². The predicted molar refractivity (Wildman–Crippen MR) is 79.1 cm³/mol. The first kappa shape index (κ1) is 15.9. The second-order valence-electron chi connectivity index (χ2n) is 6.83. The molecule has 3 aliphatic rings. The number of hydrogen-bond acceptors (Lipinski definition) is 6. The number of allylic oxidation sites excluding steroid dienone is 1. The molecule has 3 rings (SSSR count). The summed E-state index contributed by atoms with van der Waals surface area (Å²) in [7, 11) is 0. The normalized spacial score (nSPS) is 39.7. The van der Waals surface area contributed by atoms with Gasteiger partial charge >= 0.3 is 11.9 Å². The van der Waals surface area contributed by atoms with Gasteiger partial charge in [0.15, 0.2) is 5.78 Å². The van der Waals surface area contributed by atoms with E-state index >= 15 is 0 Å². The summed E-state index contributed by atoms with van der Waals surface area (Å²) in [5.74, 6) is -1.67. The van der Waals surface area contributed by atoms with Crippen molar-refractivity contribution < 1.29 is 29.0 Å². The highest BCUT2D eigenvalue weighted by Crippen LogP contribution is 2.55. The van der Waals surface area contributed by atoms with Crippen molar-refractivity contribution in [2.75, 3.05) is 0 Å². The van der Waals surface area contributed by atoms with E-state index in [-0.39, 0.29) is 17.8 Å². The first-order valence-corrected chi connectivity index (χ1v) is 7.66. The molecule has 1 saturated heterocycles. The Balaban J connectivity index is 2.14. The molecule has 2 fully saturated rings. The van der Waals surface area contributed by atoms with Crippen LogP contribution in [-0.4, -0.2) is 41.1 Å². The number of fused-ring (bicyclic) bond motifs is 3. The molecule has 124 valence electrons. The van der Waals surface area contributed by atoms with Gasteiger partial charge < -0.3 is 14.6 Å². The van der Waals surface area contributed by atoms with E-state index in [1.807, 2.05) is 6.92 Å². The van der Waals surface area contributed by atoms with Crippen LogP contribution in [0.25, 0.3) is 0 Å². The number of aliphatic hydroxyl groups is 1. The summed E-state index contributed by atoms with van der Waals surface area (Å²) in [5, 5.41) is 10.5. The van der Waals surface area contributed by atoms with E-state index < -0.39 is 41.6 Å². The van der Waals surface area contributed by atoms with Crippen molar-refractivity contribution in [3.05, 3.63) is 23.3 Å². The van der Waals surface area contributed by atoms with Crippen LogP contribution in [0, 0.1) is 11.3 Å². The van der Waals surface area contributed by atoms with E-state index in [1.165, 1.54) is 6.92 Å². The van der Waals surface area contributed by atoms with Crippen molar-refractivity contribution in [3.8, 4) is 0 Å². The zero-order valence-corrected chi connectivity index (χ0v) is 13.4. The summed E-state index contributed by atoms with van der Waals surface area (Å²) in [6, 6.07) is 0. The molecule has 0 aromatic heterocycles. The number of rotatable bonds is 1. The Morgan fingerprint density at radius 1 is 1.43 bits per heavy atom. The summed E-state index contributed by atoms with van der Waals surface area (Å²) in [6.07, 6.45) is -1.88. The molecule has 0 spiro atoms. The van der Waals surface area contributed by atoms with Crippen LogP contribution in [0.15, 0.2) is 23.3 Å². The van der Waals surface area contributed by atoms with Gasteiger partial charge in [-0.1, -0.05) is 13.5 Å². The summed E-state index contributed by atoms with van der Waals surface area (Å²) in [6.45, 7) is 8.58. The van der Waals surface area contributed by atoms with Crippen molar-refractivity contribution in [1.82, 2.24) is 0 Å². The van der Waals surface area contributed by atoms with E-state index in [2.05, 4.69) is 6.58 Å². The van der Waals surface area contributed by atoms with Gasteiger partial charge in [0.2, 0.25) is 0 Å². The number of esters is 2. The number of ketones is 1. The highest BCUT2D eigenvalue weighted by atomic mass is 16.6. The fourth-order valence-electron chi connectivity index (χ4n) is 4.21. The average molecular weight is 320 g/mol. The lowest BCUT2D eigenvalue weighted by molar-refractivity contribution is -0.158. The van der Waals surface area contributed by atoms with Gasteiger partial charge in [0.05, 0.1) is 12.0 Å². The Bertz CT molecular complexity index is 660. The minimum Gasteiger partial charge on any atom is -0.462 e. The maximum Gasteiger partial charge on any atom is 0.334 e. The molecule has 23 heavy (non-hydrogen) atoms. The number of Topliss-reactive ketones (excluding diaryl/α,β-unsaturated/α-hetero) is 1. The van der Waals surface area contributed by atoms with E-state index in [4.69, 9.17) is 9.47 Å². The second-order valence-corrected chi connectivity index (χ2v) is 6.83. The molecule has 6 nitrogen and oxygen atoms in total. The van der Waals surface area contributed by atoms with Crippen molar-refractivity contribution in [1.29, 1.82) is 0 Å². The molecule has 1 saturated carbocycles. The maximum atomic E-state index is 12.1. The van der Waals surface area contributed by atoms with E-state index in [0.29, 0.717) is 17.6 Å². The Kier molecular flexibility index (Phi) is 3.48. The molecule has 0 aromatic carbocycles. The van der Waals surface area contributed by atoms with Crippen molar-refractivity contribution in [2.24, 2.45) is 11.3 Å². The van der Waals surface area contributed by atoms with Crippen LogP contribution in [0.5, 0.6) is 0 Å². The number of ether oxygens (including phenoxy) is 2. The molecule has 0 radical (unpaired) electrons. The molecule has 0 amide bonds. The minimum absolute atomic E-state index is 0.0188. The highest BCUT2D eigenvalue weighted by molar-refractivity contribution is 5.98. The SMILES string of the molecule is C=C1C(=O)OC2C3=C(C)C(=O)CC(O)C3(C)CC(OC(C)=O)C12. The quantitative estimate of drug-likeness (QED) is 0.574. The average Bonchev–Trinajstić information content (AvgIpc) is 2.72. The monoisotopic (exact) mass is 320 g/mol. The van der Waals surface area contributed by atoms with E-state index in [1.54, 1.807) is 6.92 Å². The molecule has 0 aromatic rings. The van der Waals surface area contributed by atoms with Gasteiger partial charge in [0.25, 0.3) is 0 Å². The van der Waals surface area contributed by atoms with Gasteiger partial charge in [0.1, 0.15) is 12.2 Å². The van der Waals surface area contributed by atoms with E-state index in [9.17, 15) is 19.5 Å². The van der Waals surface area contributed by atoms with Gasteiger partial charge in [-0.15, -0.1) is 0 Å². The Morgan fingerprint density at radius 2 is 2.09 bits per heavy atom. The zero-order valence-electron chi connectivity index (χ0n) is 13.4. The number of hydrogen-bond donors (Lipinski definition) is 1. The number of carbonyl (C=O) groups excluding carboxylic acids is 3. The van der Waals surface area contributed by atoms with E-state index in [0.717, 1.165) is 0 Å². The number of aliphatic hydroxyl groups excluding tert-OH is 1. The third-order valence-electron chi connectivity index (χ3n) is 5.40. The molecule has 2 aliphatic carbocycles. The van der Waals surface area contributed by atoms with Gasteiger partial charge in [-0.05, 0) is 24.5 Å². The maximum absolute atomic E-state index is 12.1. The van der Waals surface area contributed by atoms with Crippen LogP contribution in [0.3, 0.4) is 0 Å². The minimum atomic E-state index is -0.903. The molecular formula is C17H20O6. The molecule has 1 aliphatic heterocycles. The van der Waals surface area contributed by atoms with Crippen molar-refractivity contribution in [2.45, 2.75) is 51.9 Å². The molecule has 5 unspecified atom stereocenters. The lowest BCUT2D eigenvalue weighted by atomic mass is 9.57. The first-order chi connectivity index (χ1) is 10.7. The third kappa shape index (κ3) is 2.16. The largest absolute Gasteiger partial charge is 0.462 e. The van der Waals surface area contributed by atoms with Crippen LogP contribution >= 0.6 is 0 Å². The van der Waals surface area contributed by atoms with Crippen LogP contribution in [-0.2, 0) is 23.9 Å². The van der Waals surface area contributed by atoms with Crippen molar-refractivity contribution >= 4 is 17.7 Å². The Morgan fingerprint density at radius 3 is 2.70 bits per heavy atom. The van der Waals surface area contributed by atoms with Crippen molar-refractivity contribution in [3.63, 3.8) is 0 Å². The zero-order chi connectivity index (χ0) is 17.1. The smallest absolute Gasteiger partial charge is 0.334 e. The van der Waals surface area contributed by atoms with Gasteiger partial charge in [-0.3, -0.25) is 9.59 Å². The fourth-order valence-corrected chi connectivity index (χ4v) is 4.21. The summed E-state index contributed by atoms with van der Waals surface area (Å²) < 4.78 is 10.8. The lowest BCUT2D eigenvalue weighted by Crippen LogP contribution is -2.54. The Labute approximate surface area is 134 Å². The summed E-state index contributed by atoms with van der Waals surface area (Å²) >= 11 is 0. The van der Waals surface area contributed by atoms with Crippen LogP contribution in [0.1, 0.15) is 33.6 Å². The van der Waals surface area contributed by atoms with Crippen LogP contribution in [0.2, 0.25) is 0 Å². The second kappa shape index (κ2) is 5.03. The van der Waals surface area contributed by atoms with Gasteiger partial charge in [0, 0.05) is 24.3 Å². The highest BCUT2D eigenvalue weighted by Gasteiger charge is 2.60. The summed E-state index contributed by atoms with van der Waals surface area (Å²) in [5.41, 5.74) is 0.638. The number of carbonyl (C=O) groups is 3. The molecule has 5 atom stereocenters. The van der Waals surface area contributed by atoms with Gasteiger partial charge in [-0.2, -0.15) is 0 Å². The Hall–Kier alpha value is -1.95. The lowest BCUT2D eigenvalue weighted by Gasteiger charge is -2.50. The summed E-state index contributed by atoms with van der Waals surface area (Å²) in [4.78, 5) is 35.6. The van der Waals surface area contributed by atoms with Crippen LogP contribution in [0.4, 0.5) is 0 Å². The fraction of sp³-hybridized carbons (Fsp3) is 0.588. The molecule has 6 heteroatoms. The molecular weight excluding hydrogens is 300 g/mol. The third-order valence-corrected chi connectivity index (χ3v) is 5.40. The molecule has 1 heterocycles. The topological polar surface area (TPSA) is 89.9 Å². The molecule has 1 N–H and O–H groups in total. The predicted octanol–water partition coefficient (Wildman–Crippen LogP) is 1.08. The standard InChI is InChI=1S/C17H20O6/c1-7-10(19)5-12(20)17(4)6-11(22-9(3)18)13-8(2)16(21)23-15(13)14(7)17/h11-13,15,20H,2,5-6H2,1,3-4H3. The van der Waals surface area contributed by atoms with Gasteiger partial charge in [-0.25, -0.2) is 4.79 Å². The molecule has 0 bridgehead atoms. The first-order valence-electron chi connectivity index (χ1n) is 7.66.